The Bertz CT molecular complexity index is 787. The third kappa shape index (κ3) is 16.7. The van der Waals surface area contributed by atoms with E-state index in [0.29, 0.717) is 11.5 Å². The third-order valence-electron chi connectivity index (χ3n) is 3.72. The smallest absolute Gasteiger partial charge is 0.430 e. The Morgan fingerprint density at radius 3 is 1.89 bits per heavy atom. The number of hydrogen-bond donors (Lipinski definition) is 3. The highest BCUT2D eigenvalue weighted by atomic mass is 19.4. The van der Waals surface area contributed by atoms with Gasteiger partial charge in [0.1, 0.15) is 23.3 Å². The summed E-state index contributed by atoms with van der Waals surface area (Å²) >= 11 is 0. The van der Waals surface area contributed by atoms with Gasteiger partial charge in [-0.05, 0) is 24.3 Å². The van der Waals surface area contributed by atoms with Gasteiger partial charge in [0.2, 0.25) is 5.91 Å². The maximum atomic E-state index is 12.4. The minimum Gasteiger partial charge on any atom is -0.484 e. The maximum absolute atomic E-state index is 12.4. The highest BCUT2D eigenvalue weighted by molar-refractivity contribution is 5.77. The van der Waals surface area contributed by atoms with Crippen LogP contribution in [0.1, 0.15) is 14.4 Å². The highest BCUT2D eigenvalue weighted by Gasteiger charge is 2.32. The summed E-state index contributed by atoms with van der Waals surface area (Å²) in [6, 6.07) is 6.13. The second kappa shape index (κ2) is 17.9. The number of carbonyl (C=O) groups excluding carboxylic acids is 3. The quantitative estimate of drug-likeness (QED) is 0.365. The van der Waals surface area contributed by atoms with Crippen LogP contribution in [0, 0.1) is 0 Å². The zero-order valence-electron chi connectivity index (χ0n) is 19.4. The van der Waals surface area contributed by atoms with Gasteiger partial charge in [0.05, 0.1) is 13.2 Å². The Hall–Kier alpha value is -3.48. The molecule has 35 heavy (non-hydrogen) atoms. The molecule has 1 atom stereocenters. The first-order valence-electron chi connectivity index (χ1n) is 9.85. The number of likely N-dealkylation sites (N-methyl/N-ethyl adjacent to an activating group) is 1. The molecule has 0 saturated carbocycles. The van der Waals surface area contributed by atoms with E-state index in [4.69, 9.17) is 18.9 Å². The van der Waals surface area contributed by atoms with Gasteiger partial charge in [-0.1, -0.05) is 14.0 Å². The first-order chi connectivity index (χ1) is 15.9. The number of esters is 1. The molecule has 2 amide bonds. The summed E-state index contributed by atoms with van der Waals surface area (Å²) in [5.74, 6) is -0.302. The molecule has 13 heteroatoms. The topological polar surface area (TPSA) is 124 Å². The molecular weight excluding hydrogens is 475 g/mol. The van der Waals surface area contributed by atoms with Crippen LogP contribution < -0.4 is 25.4 Å². The Morgan fingerprint density at radius 1 is 1.00 bits per heavy atom. The van der Waals surface area contributed by atoms with E-state index < -0.39 is 30.6 Å². The lowest BCUT2D eigenvalue weighted by Crippen LogP contribution is -2.37. The van der Waals surface area contributed by atoms with Crippen molar-refractivity contribution in [2.75, 3.05) is 47.6 Å². The van der Waals surface area contributed by atoms with Gasteiger partial charge in [0.15, 0.2) is 13.2 Å². The van der Waals surface area contributed by atoms with E-state index in [1.807, 2.05) is 0 Å². The molecule has 1 aromatic rings. The van der Waals surface area contributed by atoms with Crippen molar-refractivity contribution in [3.63, 3.8) is 0 Å². The monoisotopic (exact) mass is 509 g/mol. The Morgan fingerprint density at radius 2 is 1.49 bits per heavy atom. The van der Waals surface area contributed by atoms with Crippen LogP contribution in [0.15, 0.2) is 36.5 Å². The van der Waals surface area contributed by atoms with Crippen molar-refractivity contribution < 1.29 is 46.5 Å². The minimum atomic E-state index is -4.60. The first-order valence-corrected chi connectivity index (χ1v) is 9.85. The average Bonchev–Trinajstić information content (AvgIpc) is 2.79. The Balaban J connectivity index is 0. The summed E-state index contributed by atoms with van der Waals surface area (Å²) in [7, 11) is 4.41. The number of ether oxygens (including phenoxy) is 4. The number of allylic oxidation sites excluding steroid dienone is 1. The number of nitrogens with one attached hydrogen (secondary N) is 3. The maximum Gasteiger partial charge on any atom is 0.430 e. The van der Waals surface area contributed by atoms with Gasteiger partial charge in [-0.15, -0.1) is 0 Å². The molecule has 0 radical (unpaired) electrons. The van der Waals surface area contributed by atoms with Gasteiger partial charge < -0.3 is 34.9 Å². The van der Waals surface area contributed by atoms with Gasteiger partial charge in [-0.3, -0.25) is 9.59 Å². The second-order valence-corrected chi connectivity index (χ2v) is 6.45. The van der Waals surface area contributed by atoms with Crippen molar-refractivity contribution in [1.29, 1.82) is 0 Å². The van der Waals surface area contributed by atoms with E-state index in [9.17, 15) is 27.6 Å². The number of methoxy groups -OCH3 is 1. The lowest BCUT2D eigenvalue weighted by atomic mass is 10.3. The third-order valence-corrected chi connectivity index (χ3v) is 3.72. The average molecular weight is 510 g/mol. The first kappa shape index (κ1) is 33.7. The van der Waals surface area contributed by atoms with Gasteiger partial charge in [0.25, 0.3) is 5.91 Å². The highest BCUT2D eigenvalue weighted by Crippen LogP contribution is 2.21. The fourth-order valence-electron chi connectivity index (χ4n) is 1.87. The molecule has 1 aromatic carbocycles. The van der Waals surface area contributed by atoms with Gasteiger partial charge in [0, 0.05) is 28.1 Å². The van der Waals surface area contributed by atoms with Crippen LogP contribution in [0.25, 0.3) is 0 Å². The largest absolute Gasteiger partial charge is 0.484 e. The molecule has 0 aliphatic carbocycles. The molecular formula is C22H34F3N3O7. The van der Waals surface area contributed by atoms with E-state index >= 15 is 0 Å². The van der Waals surface area contributed by atoms with Crippen molar-refractivity contribution in [1.82, 2.24) is 16.0 Å². The lowest BCUT2D eigenvalue weighted by Gasteiger charge is -2.20. The molecule has 0 aliphatic heterocycles. The Kier molecular flexibility index (Phi) is 17.3. The van der Waals surface area contributed by atoms with Crippen LogP contribution in [0.4, 0.5) is 13.2 Å². The Labute approximate surface area is 203 Å². The summed E-state index contributed by atoms with van der Waals surface area (Å²) in [5.41, 5.74) is -1.15. The number of benzene rings is 1. The van der Waals surface area contributed by atoms with E-state index in [1.165, 1.54) is 33.2 Å². The second-order valence-electron chi connectivity index (χ2n) is 6.45. The molecule has 1 rings (SSSR count). The van der Waals surface area contributed by atoms with Crippen LogP contribution in [-0.2, 0) is 23.9 Å². The van der Waals surface area contributed by atoms with Crippen molar-refractivity contribution in [2.45, 2.75) is 26.6 Å². The van der Waals surface area contributed by atoms with Crippen molar-refractivity contribution in [3.05, 3.63) is 36.5 Å². The molecule has 3 N–H and O–H groups in total. The van der Waals surface area contributed by atoms with E-state index in [-0.39, 0.29) is 39.0 Å². The molecule has 200 valence electrons. The summed E-state index contributed by atoms with van der Waals surface area (Å²) in [6.45, 7) is 3.31. The number of carbonyl (C=O) groups is 3. The van der Waals surface area contributed by atoms with Gasteiger partial charge in [-0.25, -0.2) is 4.79 Å². The summed E-state index contributed by atoms with van der Waals surface area (Å²) < 4.78 is 57.7. The van der Waals surface area contributed by atoms with E-state index in [2.05, 4.69) is 22.5 Å². The summed E-state index contributed by atoms with van der Waals surface area (Å²) in [6.07, 6.45) is -5.56. The SMILES string of the molecule is C.C=C(NCC(COC)OC(=O)COc1ccc(OCC(=O)NC)cc1)C(F)(F)F.CNC(C)=O. The number of amides is 2. The molecule has 0 heterocycles. The minimum absolute atomic E-state index is 0. The molecule has 0 spiro atoms. The van der Waals surface area contributed by atoms with Gasteiger partial charge in [-0.2, -0.15) is 13.2 Å². The number of rotatable bonds is 12. The fourth-order valence-corrected chi connectivity index (χ4v) is 1.87. The molecule has 0 aromatic heterocycles. The predicted molar refractivity (Wildman–Crippen MR) is 123 cm³/mol. The molecule has 0 bridgehead atoms. The zero-order chi connectivity index (χ0) is 26.1. The normalized spacial score (nSPS) is 10.8. The van der Waals surface area contributed by atoms with Gasteiger partial charge >= 0.3 is 12.1 Å². The number of hydrogen-bond acceptors (Lipinski definition) is 8. The number of alkyl halides is 3. The lowest BCUT2D eigenvalue weighted by molar-refractivity contribution is -0.153. The zero-order valence-corrected chi connectivity index (χ0v) is 19.4. The van der Waals surface area contributed by atoms with Crippen molar-refractivity contribution in [2.24, 2.45) is 0 Å². The number of halogens is 3. The molecule has 10 nitrogen and oxygen atoms in total. The van der Waals surface area contributed by atoms with Crippen LogP contribution in [-0.4, -0.2) is 77.6 Å². The fraction of sp³-hybridized carbons (Fsp3) is 0.500. The predicted octanol–water partition coefficient (Wildman–Crippen LogP) is 1.80. The van der Waals surface area contributed by atoms with Crippen LogP contribution in [0.3, 0.4) is 0 Å². The van der Waals surface area contributed by atoms with Crippen molar-refractivity contribution >= 4 is 17.8 Å². The van der Waals surface area contributed by atoms with Crippen molar-refractivity contribution in [3.8, 4) is 11.5 Å². The van der Waals surface area contributed by atoms with Crippen LogP contribution in [0.2, 0.25) is 0 Å². The summed E-state index contributed by atoms with van der Waals surface area (Å²) in [4.78, 5) is 32.7. The van der Waals surface area contributed by atoms with E-state index in [1.54, 1.807) is 19.2 Å². The van der Waals surface area contributed by atoms with E-state index in [0.717, 1.165) is 0 Å². The van der Waals surface area contributed by atoms with Crippen LogP contribution in [0.5, 0.6) is 11.5 Å². The molecule has 0 aliphatic rings. The summed E-state index contributed by atoms with van der Waals surface area (Å²) in [5, 5.41) is 6.86. The standard InChI is InChI=1S/C18H23F3N2O6.C3H7NO.CH4/c1-12(18(19,20)21)23-8-15(9-26-3)29-17(25)11-28-14-6-4-13(5-7-14)27-10-16(24)22-2;1-3(5)4-2;/h4-7,15,23H,1,8-11H2,2-3H3,(H,22,24);1-2H3,(H,4,5);1H4. The molecule has 0 fully saturated rings. The molecule has 1 unspecified atom stereocenters. The van der Waals surface area contributed by atoms with Crippen LogP contribution >= 0.6 is 0 Å². The molecule has 0 saturated heterocycles.